The van der Waals surface area contributed by atoms with E-state index in [9.17, 15) is 9.59 Å². The quantitative estimate of drug-likeness (QED) is 0.295. The summed E-state index contributed by atoms with van der Waals surface area (Å²) in [6, 6.07) is 26.8. The number of rotatable bonds is 8. The number of hydrogen-bond acceptors (Lipinski definition) is 7. The number of fused-ring (bicyclic) bond motifs is 1. The summed E-state index contributed by atoms with van der Waals surface area (Å²) in [5.41, 5.74) is 2.58. The van der Waals surface area contributed by atoms with Gasteiger partial charge in [0.25, 0.3) is 0 Å². The number of benzene rings is 3. The van der Waals surface area contributed by atoms with Gasteiger partial charge in [-0.05, 0) is 41.5 Å². The normalized spacial score (nSPS) is 25.4. The fourth-order valence-corrected chi connectivity index (χ4v) is 5.58. The lowest BCUT2D eigenvalue weighted by Gasteiger charge is -2.26. The molecule has 3 aromatic rings. The third-order valence-electron chi connectivity index (χ3n) is 7.57. The minimum absolute atomic E-state index is 0.0829. The summed E-state index contributed by atoms with van der Waals surface area (Å²) < 4.78 is 29.4. The molecule has 1 saturated carbocycles. The highest BCUT2D eigenvalue weighted by Crippen LogP contribution is 2.44. The Bertz CT molecular complexity index is 1310. The number of esters is 2. The summed E-state index contributed by atoms with van der Waals surface area (Å²) in [6.07, 6.45) is 3.80. The molecule has 7 nitrogen and oxygen atoms in total. The van der Waals surface area contributed by atoms with Gasteiger partial charge < -0.3 is 23.7 Å². The molecule has 1 aliphatic carbocycles. The van der Waals surface area contributed by atoms with Crippen LogP contribution in [0.25, 0.3) is 11.1 Å². The topological polar surface area (TPSA) is 80.3 Å². The highest BCUT2D eigenvalue weighted by molar-refractivity contribution is 5.90. The maximum atomic E-state index is 13.1. The van der Waals surface area contributed by atoms with E-state index in [1.165, 1.54) is 0 Å². The molecule has 2 heterocycles. The monoisotopic (exact) mass is 526 g/mol. The minimum atomic E-state index is -1.06. The van der Waals surface area contributed by atoms with Crippen LogP contribution in [0.2, 0.25) is 0 Å². The van der Waals surface area contributed by atoms with Gasteiger partial charge in [-0.15, -0.1) is 0 Å². The molecule has 3 aromatic carbocycles. The molecule has 2 aliphatic heterocycles. The zero-order chi connectivity index (χ0) is 26.7. The average molecular weight is 527 g/mol. The second-order valence-corrected chi connectivity index (χ2v) is 10.1. The Kier molecular flexibility index (Phi) is 7.18. The lowest BCUT2D eigenvalue weighted by molar-refractivity contribution is -0.141. The smallest absolute Gasteiger partial charge is 0.338 e. The van der Waals surface area contributed by atoms with E-state index >= 15 is 0 Å². The van der Waals surface area contributed by atoms with E-state index in [-0.39, 0.29) is 36.9 Å². The Hall–Kier alpha value is -3.94. The Balaban J connectivity index is 1.17. The molecule has 4 atom stereocenters. The predicted octanol–water partition coefficient (Wildman–Crippen LogP) is 5.21. The Morgan fingerprint density at radius 1 is 0.897 bits per heavy atom. The summed E-state index contributed by atoms with van der Waals surface area (Å²) in [4.78, 5) is 25.2. The van der Waals surface area contributed by atoms with Crippen molar-refractivity contribution in [1.29, 1.82) is 0 Å². The first kappa shape index (κ1) is 25.3. The fraction of sp³-hybridized carbons (Fsp3) is 0.312. The van der Waals surface area contributed by atoms with Gasteiger partial charge in [0.2, 0.25) is 5.79 Å². The molecule has 39 heavy (non-hydrogen) atoms. The molecule has 3 fully saturated rings. The van der Waals surface area contributed by atoms with Gasteiger partial charge >= 0.3 is 11.9 Å². The van der Waals surface area contributed by atoms with Crippen LogP contribution in [-0.4, -0.2) is 49.8 Å². The number of para-hydroxylation sites is 1. The molecule has 0 radical (unpaired) electrons. The predicted molar refractivity (Wildman–Crippen MR) is 143 cm³/mol. The number of ether oxygens (including phenoxy) is 5. The van der Waals surface area contributed by atoms with Crippen LogP contribution in [0.3, 0.4) is 0 Å². The number of carbonyl (C=O) groups is 2. The van der Waals surface area contributed by atoms with Crippen molar-refractivity contribution in [1.82, 2.24) is 0 Å². The van der Waals surface area contributed by atoms with E-state index < -0.39 is 17.9 Å². The molecule has 0 bridgehead atoms. The van der Waals surface area contributed by atoms with Gasteiger partial charge in [-0.3, -0.25) is 4.79 Å². The van der Waals surface area contributed by atoms with Crippen molar-refractivity contribution >= 4 is 11.9 Å². The van der Waals surface area contributed by atoms with Crippen LogP contribution in [-0.2, 0) is 23.7 Å². The van der Waals surface area contributed by atoms with Crippen LogP contribution in [0.15, 0.2) is 97.1 Å². The minimum Gasteiger partial charge on any atom is -0.488 e. The molecule has 0 aromatic heterocycles. The van der Waals surface area contributed by atoms with Gasteiger partial charge in [0.15, 0.2) is 0 Å². The van der Waals surface area contributed by atoms with Crippen molar-refractivity contribution in [2.24, 2.45) is 11.8 Å². The van der Waals surface area contributed by atoms with E-state index in [1.807, 2.05) is 84.9 Å². The van der Waals surface area contributed by atoms with Crippen LogP contribution in [0, 0.1) is 11.8 Å². The van der Waals surface area contributed by atoms with Gasteiger partial charge in [-0.1, -0.05) is 66.7 Å². The SMILES string of the molecule is O=C1C[C@H]2[C@H](/C=C\C3(COc4ccccc4)OCCO3)[C@@H](OC(=O)c3ccc(-c4ccccc4)cc3)C[C@@H]2O1. The van der Waals surface area contributed by atoms with E-state index in [0.717, 1.165) is 11.1 Å². The maximum absolute atomic E-state index is 13.1. The molecule has 0 amide bonds. The molecular formula is C32H30O7. The van der Waals surface area contributed by atoms with E-state index in [0.29, 0.717) is 30.9 Å². The molecule has 0 N–H and O–H groups in total. The molecule has 0 unspecified atom stereocenters. The molecule has 0 spiro atoms. The van der Waals surface area contributed by atoms with Crippen LogP contribution in [0.1, 0.15) is 23.2 Å². The first-order valence-electron chi connectivity index (χ1n) is 13.3. The Morgan fingerprint density at radius 3 is 2.28 bits per heavy atom. The Morgan fingerprint density at radius 2 is 1.56 bits per heavy atom. The maximum Gasteiger partial charge on any atom is 0.338 e. The largest absolute Gasteiger partial charge is 0.488 e. The van der Waals surface area contributed by atoms with Crippen LogP contribution >= 0.6 is 0 Å². The molecule has 7 heteroatoms. The summed E-state index contributed by atoms with van der Waals surface area (Å²) in [7, 11) is 0. The van der Waals surface area contributed by atoms with Crippen LogP contribution in [0.5, 0.6) is 5.75 Å². The molecule has 6 rings (SSSR count). The lowest BCUT2D eigenvalue weighted by atomic mass is 9.91. The van der Waals surface area contributed by atoms with Gasteiger partial charge in [0.1, 0.15) is 24.6 Å². The average Bonchev–Trinajstić information content (AvgIpc) is 3.67. The molecule has 3 aliphatic rings. The van der Waals surface area contributed by atoms with Gasteiger partial charge in [-0.2, -0.15) is 0 Å². The van der Waals surface area contributed by atoms with E-state index in [4.69, 9.17) is 23.7 Å². The fourth-order valence-electron chi connectivity index (χ4n) is 5.58. The van der Waals surface area contributed by atoms with E-state index in [1.54, 1.807) is 12.1 Å². The lowest BCUT2D eigenvalue weighted by Crippen LogP contribution is -2.36. The van der Waals surface area contributed by atoms with Crippen LogP contribution < -0.4 is 4.74 Å². The van der Waals surface area contributed by atoms with Gasteiger partial charge in [0.05, 0.1) is 25.2 Å². The third-order valence-corrected chi connectivity index (χ3v) is 7.57. The van der Waals surface area contributed by atoms with E-state index in [2.05, 4.69) is 0 Å². The van der Waals surface area contributed by atoms with Gasteiger partial charge in [-0.25, -0.2) is 4.79 Å². The van der Waals surface area contributed by atoms with Crippen molar-refractivity contribution in [2.45, 2.75) is 30.8 Å². The number of hydrogen-bond donors (Lipinski definition) is 0. The zero-order valence-electron chi connectivity index (χ0n) is 21.4. The second kappa shape index (κ2) is 11.0. The summed E-state index contributed by atoms with van der Waals surface area (Å²) in [5.74, 6) is -1.28. The standard InChI is InChI=1S/C32H30O7/c33-30-19-27-26(15-16-32(36-17-18-37-32)21-35-25-9-5-2-6-10-25)28(20-29(27)38-30)39-31(34)24-13-11-23(12-14-24)22-7-3-1-4-8-22/h1-16,26-29H,17-21H2/b16-15-/t26-,27-,28-,29-/m0/s1. The summed E-state index contributed by atoms with van der Waals surface area (Å²) in [6.45, 7) is 1.05. The molecule has 2 saturated heterocycles. The van der Waals surface area contributed by atoms with Crippen molar-refractivity contribution < 1.29 is 33.3 Å². The highest BCUT2D eigenvalue weighted by Gasteiger charge is 2.51. The first-order chi connectivity index (χ1) is 19.1. The van der Waals surface area contributed by atoms with Crippen molar-refractivity contribution in [3.8, 4) is 16.9 Å². The molecule has 200 valence electrons. The first-order valence-corrected chi connectivity index (χ1v) is 13.3. The summed E-state index contributed by atoms with van der Waals surface area (Å²) >= 11 is 0. The highest BCUT2D eigenvalue weighted by atomic mass is 16.8. The Labute approximate surface area is 227 Å². The van der Waals surface area contributed by atoms with Crippen molar-refractivity contribution in [2.75, 3.05) is 19.8 Å². The van der Waals surface area contributed by atoms with Crippen molar-refractivity contribution in [3.63, 3.8) is 0 Å². The molecular weight excluding hydrogens is 496 g/mol. The zero-order valence-corrected chi connectivity index (χ0v) is 21.4. The number of carbonyl (C=O) groups excluding carboxylic acids is 2. The van der Waals surface area contributed by atoms with Crippen LogP contribution in [0.4, 0.5) is 0 Å². The van der Waals surface area contributed by atoms with Gasteiger partial charge in [0, 0.05) is 18.3 Å². The van der Waals surface area contributed by atoms with Crippen molar-refractivity contribution in [3.05, 3.63) is 103 Å². The summed E-state index contributed by atoms with van der Waals surface area (Å²) in [5, 5.41) is 0. The second-order valence-electron chi connectivity index (χ2n) is 10.1. The third kappa shape index (κ3) is 5.60.